The number of hydrogen-bond donors (Lipinski definition) is 1. The SMILES string of the molecule is CCCCCc1ccc(Nc2cc3ccccc3cc2-c2cc(-c3ccccc3C)cc3c2Bc2sc4cc5c(cc4c2N3c2cc3c(cc2C)C(C)(C)CCC3(C)C)C(C)(C)CCC5(C)C)cc1. The summed E-state index contributed by atoms with van der Waals surface area (Å²) in [7, 11) is 0.864. The first-order valence-corrected chi connectivity index (χ1v) is 26.9. The van der Waals surface area contributed by atoms with E-state index in [0.29, 0.717) is 0 Å². The lowest BCUT2D eigenvalue weighted by atomic mass is 9.60. The van der Waals surface area contributed by atoms with Crippen LogP contribution in [0.5, 0.6) is 0 Å². The summed E-state index contributed by atoms with van der Waals surface area (Å²) in [6.07, 6.45) is 9.65. The Hall–Kier alpha value is -5.58. The highest BCUT2D eigenvalue weighted by Crippen LogP contribution is 2.54. The Balaban J connectivity index is 1.21. The third-order valence-electron chi connectivity index (χ3n) is 17.1. The van der Waals surface area contributed by atoms with Crippen molar-refractivity contribution in [1.82, 2.24) is 0 Å². The van der Waals surface area contributed by atoms with E-state index in [9.17, 15) is 0 Å². The number of thiophene rings is 1. The van der Waals surface area contributed by atoms with Crippen LogP contribution in [0.2, 0.25) is 0 Å². The molecule has 7 aromatic carbocycles. The minimum Gasteiger partial charge on any atom is -0.355 e. The zero-order valence-corrected chi connectivity index (χ0v) is 44.1. The number of benzene rings is 7. The maximum atomic E-state index is 4.01. The van der Waals surface area contributed by atoms with Crippen molar-refractivity contribution < 1.29 is 0 Å². The Labute approximate surface area is 417 Å². The van der Waals surface area contributed by atoms with Crippen LogP contribution in [0.4, 0.5) is 28.4 Å². The van der Waals surface area contributed by atoms with E-state index in [0.717, 1.165) is 25.1 Å². The summed E-state index contributed by atoms with van der Waals surface area (Å²) in [5, 5.41) is 7.90. The molecule has 0 radical (unpaired) electrons. The van der Waals surface area contributed by atoms with E-state index in [1.165, 1.54) is 154 Å². The normalized spacial score (nSPS) is 17.2. The first kappa shape index (κ1) is 45.8. The molecule has 0 saturated carbocycles. The van der Waals surface area contributed by atoms with Gasteiger partial charge >= 0.3 is 0 Å². The van der Waals surface area contributed by atoms with E-state index in [2.05, 4.69) is 208 Å². The molecule has 0 amide bonds. The van der Waals surface area contributed by atoms with Gasteiger partial charge in [-0.25, -0.2) is 0 Å². The summed E-state index contributed by atoms with van der Waals surface area (Å²) in [5.74, 6) is 0. The standard InChI is InChI=1S/C65H71BN2S/c1-12-13-14-20-42-24-26-46(27-25-42)67-55-35-44-22-17-16-21-43(44)33-48(55)49-34-45(47-23-18-15-19-40(47)2)36-57-59(49)66-61-60(50-37-52-54(39-58(50)69-61)65(10,11)31-29-63(52,6)7)68(57)56-38-53-51(32-41(56)3)62(4,5)28-30-64(53,8)9/h15-19,21-27,32-39,66-67H,12-14,20,28-31H2,1-11H3. The van der Waals surface area contributed by atoms with Gasteiger partial charge in [-0.15, -0.1) is 11.3 Å². The van der Waals surface area contributed by atoms with Gasteiger partial charge in [0, 0.05) is 38.4 Å². The molecule has 0 bridgehead atoms. The lowest BCUT2D eigenvalue weighted by Gasteiger charge is -2.44. The van der Waals surface area contributed by atoms with Crippen molar-refractivity contribution in [2.45, 2.75) is 149 Å². The Kier molecular flexibility index (Phi) is 11.2. The Morgan fingerprint density at radius 3 is 1.84 bits per heavy atom. The number of aryl methyl sites for hydroxylation is 3. The van der Waals surface area contributed by atoms with Crippen molar-refractivity contribution in [3.8, 4) is 22.3 Å². The molecule has 11 rings (SSSR count). The fourth-order valence-corrected chi connectivity index (χ4v) is 13.7. The van der Waals surface area contributed by atoms with E-state index >= 15 is 0 Å². The van der Waals surface area contributed by atoms with Crippen molar-refractivity contribution in [3.63, 3.8) is 0 Å². The molecular weight excluding hydrogens is 852 g/mol. The highest BCUT2D eigenvalue weighted by atomic mass is 32.1. The third kappa shape index (κ3) is 7.94. The number of hydrogen-bond acceptors (Lipinski definition) is 3. The number of anilines is 5. The van der Waals surface area contributed by atoms with Gasteiger partial charge < -0.3 is 10.2 Å². The summed E-state index contributed by atoms with van der Waals surface area (Å²) in [5.41, 5.74) is 23.2. The van der Waals surface area contributed by atoms with Gasteiger partial charge in [0.2, 0.25) is 7.28 Å². The largest absolute Gasteiger partial charge is 0.355 e. The molecule has 2 aliphatic carbocycles. The van der Waals surface area contributed by atoms with Crippen molar-refractivity contribution >= 4 is 78.2 Å². The number of fused-ring (bicyclic) bond motifs is 7. The van der Waals surface area contributed by atoms with Gasteiger partial charge in [-0.2, -0.15) is 0 Å². The molecule has 69 heavy (non-hydrogen) atoms. The third-order valence-corrected chi connectivity index (χ3v) is 18.2. The highest BCUT2D eigenvalue weighted by molar-refractivity contribution is 7.29. The zero-order valence-electron chi connectivity index (χ0n) is 43.3. The van der Waals surface area contributed by atoms with Crippen LogP contribution in [0.1, 0.15) is 146 Å². The van der Waals surface area contributed by atoms with E-state index in [1.807, 2.05) is 11.3 Å². The summed E-state index contributed by atoms with van der Waals surface area (Å²) >= 11 is 2.04. The second kappa shape index (κ2) is 16.8. The van der Waals surface area contributed by atoms with Gasteiger partial charge in [-0.3, -0.25) is 0 Å². The van der Waals surface area contributed by atoms with Crippen molar-refractivity contribution in [2.24, 2.45) is 0 Å². The maximum Gasteiger partial charge on any atom is 0.211 e. The molecule has 0 saturated heterocycles. The van der Waals surface area contributed by atoms with Crippen LogP contribution in [0, 0.1) is 13.8 Å². The minimum absolute atomic E-state index is 0.0632. The molecule has 0 spiro atoms. The predicted molar refractivity (Wildman–Crippen MR) is 304 cm³/mol. The van der Waals surface area contributed by atoms with Crippen LogP contribution in [0.15, 0.2) is 121 Å². The minimum atomic E-state index is 0.0632. The van der Waals surface area contributed by atoms with Gasteiger partial charge in [-0.05, 0) is 205 Å². The Bertz CT molecular complexity index is 3330. The predicted octanol–water partition coefficient (Wildman–Crippen LogP) is 17.4. The van der Waals surface area contributed by atoms with Crippen molar-refractivity contribution in [1.29, 1.82) is 0 Å². The molecule has 2 nitrogen and oxygen atoms in total. The number of nitrogens with zero attached hydrogens (tertiary/aromatic N) is 1. The topological polar surface area (TPSA) is 15.3 Å². The van der Waals surface area contributed by atoms with Crippen LogP contribution in [-0.4, -0.2) is 7.28 Å². The van der Waals surface area contributed by atoms with Gasteiger partial charge in [0.25, 0.3) is 0 Å². The van der Waals surface area contributed by atoms with Crippen LogP contribution in [0.3, 0.4) is 0 Å². The van der Waals surface area contributed by atoms with Gasteiger partial charge in [0.15, 0.2) is 0 Å². The molecule has 4 heteroatoms. The molecule has 0 unspecified atom stereocenters. The molecule has 2 heterocycles. The summed E-state index contributed by atoms with van der Waals surface area (Å²) < 4.78 is 2.86. The molecule has 1 aromatic heterocycles. The monoisotopic (exact) mass is 923 g/mol. The fourth-order valence-electron chi connectivity index (χ4n) is 12.4. The van der Waals surface area contributed by atoms with E-state index in [-0.39, 0.29) is 21.7 Å². The second-order valence-corrected chi connectivity index (χ2v) is 25.0. The first-order chi connectivity index (χ1) is 32.9. The van der Waals surface area contributed by atoms with Crippen LogP contribution in [-0.2, 0) is 28.1 Å². The fraction of sp³-hybridized carbons (Fsp3) is 0.354. The lowest BCUT2D eigenvalue weighted by molar-refractivity contribution is 0.332. The molecule has 1 N–H and O–H groups in total. The van der Waals surface area contributed by atoms with Gasteiger partial charge in [-0.1, -0.05) is 142 Å². The van der Waals surface area contributed by atoms with E-state index in [1.54, 1.807) is 0 Å². The number of rotatable bonds is 9. The smallest absolute Gasteiger partial charge is 0.211 e. The molecule has 1 aliphatic heterocycles. The first-order valence-electron chi connectivity index (χ1n) is 26.1. The molecule has 0 fully saturated rings. The van der Waals surface area contributed by atoms with Crippen LogP contribution >= 0.6 is 11.3 Å². The van der Waals surface area contributed by atoms with E-state index in [4.69, 9.17) is 0 Å². The summed E-state index contributed by atoms with van der Waals surface area (Å²) in [6, 6.07) is 47.5. The van der Waals surface area contributed by atoms with Crippen LogP contribution in [0.25, 0.3) is 43.1 Å². The van der Waals surface area contributed by atoms with Crippen LogP contribution < -0.4 is 20.5 Å². The highest BCUT2D eigenvalue weighted by Gasteiger charge is 2.42. The average Bonchev–Trinajstić information content (AvgIpc) is 3.68. The lowest BCUT2D eigenvalue weighted by Crippen LogP contribution is -2.40. The van der Waals surface area contributed by atoms with Crippen molar-refractivity contribution in [3.05, 3.63) is 160 Å². The zero-order chi connectivity index (χ0) is 48.2. The molecule has 3 aliphatic rings. The van der Waals surface area contributed by atoms with Gasteiger partial charge in [0.05, 0.1) is 5.69 Å². The number of nitrogens with one attached hydrogen (secondary N) is 1. The second-order valence-electron chi connectivity index (χ2n) is 23.9. The molecule has 0 atom stereocenters. The maximum absolute atomic E-state index is 4.01. The molecule has 8 aromatic rings. The summed E-state index contributed by atoms with van der Waals surface area (Å²) in [6.45, 7) is 26.7. The average molecular weight is 923 g/mol. The quantitative estimate of drug-likeness (QED) is 0.115. The van der Waals surface area contributed by atoms with Crippen molar-refractivity contribution in [2.75, 3.05) is 10.2 Å². The van der Waals surface area contributed by atoms with E-state index < -0.39 is 0 Å². The number of unbranched alkanes of at least 4 members (excludes halogenated alkanes) is 2. The molecular formula is C65H71BN2S. The molecule has 350 valence electrons. The Morgan fingerprint density at radius 1 is 0.565 bits per heavy atom. The van der Waals surface area contributed by atoms with Gasteiger partial charge in [0.1, 0.15) is 0 Å². The summed E-state index contributed by atoms with van der Waals surface area (Å²) in [4.78, 5) is 2.75. The Morgan fingerprint density at radius 2 is 1.17 bits per heavy atom.